The maximum absolute atomic E-state index is 10.0. The van der Waals surface area contributed by atoms with Crippen molar-refractivity contribution >= 4 is 5.71 Å². The molecule has 5 nitrogen and oxygen atoms in total. The Balaban J connectivity index is 1.72. The number of hydrogen-bond acceptors (Lipinski definition) is 5. The van der Waals surface area contributed by atoms with Gasteiger partial charge in [-0.2, -0.15) is 10.4 Å². The Morgan fingerprint density at radius 2 is 1.50 bits per heavy atom. The third kappa shape index (κ3) is 3.85. The highest BCUT2D eigenvalue weighted by molar-refractivity contribution is 6.02. The SMILES string of the molecule is COc1ccc(C2=NN([C@H](C#N)c3ccc(OC)cc3)[C@H](c3ccccc3)C2)cc1. The summed E-state index contributed by atoms with van der Waals surface area (Å²) in [4.78, 5) is 0. The van der Waals surface area contributed by atoms with E-state index >= 15 is 0 Å². The first-order valence-corrected chi connectivity index (χ1v) is 9.82. The van der Waals surface area contributed by atoms with E-state index in [0.717, 1.165) is 40.3 Å². The summed E-state index contributed by atoms with van der Waals surface area (Å²) in [5.41, 5.74) is 4.02. The van der Waals surface area contributed by atoms with Crippen LogP contribution in [0, 0.1) is 11.3 Å². The van der Waals surface area contributed by atoms with Crippen molar-refractivity contribution in [1.82, 2.24) is 5.01 Å². The molecule has 0 spiro atoms. The summed E-state index contributed by atoms with van der Waals surface area (Å²) >= 11 is 0. The smallest absolute Gasteiger partial charge is 0.159 e. The second-order valence-electron chi connectivity index (χ2n) is 7.09. The molecule has 0 N–H and O–H groups in total. The number of rotatable bonds is 6. The molecule has 0 unspecified atom stereocenters. The van der Waals surface area contributed by atoms with E-state index in [4.69, 9.17) is 14.6 Å². The van der Waals surface area contributed by atoms with Crippen molar-refractivity contribution in [2.75, 3.05) is 14.2 Å². The van der Waals surface area contributed by atoms with Gasteiger partial charge < -0.3 is 9.47 Å². The van der Waals surface area contributed by atoms with Crippen molar-refractivity contribution in [3.05, 3.63) is 95.6 Å². The lowest BCUT2D eigenvalue weighted by molar-refractivity contribution is 0.196. The molecular formula is C25H23N3O2. The third-order valence-electron chi connectivity index (χ3n) is 5.37. The maximum Gasteiger partial charge on any atom is 0.159 e. The van der Waals surface area contributed by atoms with Crippen molar-refractivity contribution < 1.29 is 9.47 Å². The fourth-order valence-corrected chi connectivity index (χ4v) is 3.74. The number of nitrogens with zero attached hydrogens (tertiary/aromatic N) is 3. The number of hydrazone groups is 1. The molecular weight excluding hydrogens is 374 g/mol. The second kappa shape index (κ2) is 8.71. The highest BCUT2D eigenvalue weighted by atomic mass is 16.5. The Hall–Kier alpha value is -3.78. The highest BCUT2D eigenvalue weighted by Gasteiger charge is 2.34. The Morgan fingerprint density at radius 3 is 2.07 bits per heavy atom. The van der Waals surface area contributed by atoms with Crippen LogP contribution >= 0.6 is 0 Å². The minimum absolute atomic E-state index is 0.0185. The summed E-state index contributed by atoms with van der Waals surface area (Å²) in [5, 5.41) is 16.9. The number of benzene rings is 3. The van der Waals surface area contributed by atoms with Gasteiger partial charge in [0.1, 0.15) is 11.5 Å². The van der Waals surface area contributed by atoms with Gasteiger partial charge in [0.25, 0.3) is 0 Å². The summed E-state index contributed by atoms with van der Waals surface area (Å²) in [5.74, 6) is 1.57. The second-order valence-corrected chi connectivity index (χ2v) is 7.09. The summed E-state index contributed by atoms with van der Waals surface area (Å²) < 4.78 is 10.5. The summed E-state index contributed by atoms with van der Waals surface area (Å²) in [6.45, 7) is 0. The van der Waals surface area contributed by atoms with Gasteiger partial charge in [0.15, 0.2) is 6.04 Å². The standard InChI is InChI=1S/C25H23N3O2/c1-29-21-12-8-18(9-13-21)23-16-24(19-6-4-3-5-7-19)28(27-23)25(17-26)20-10-14-22(30-2)15-11-20/h3-15,24-25H,16H2,1-2H3/t24-,25+/m0/s1. The van der Waals surface area contributed by atoms with Crippen molar-refractivity contribution in [2.24, 2.45) is 5.10 Å². The zero-order valence-electron chi connectivity index (χ0n) is 17.0. The van der Waals surface area contributed by atoms with E-state index in [1.54, 1.807) is 14.2 Å². The van der Waals surface area contributed by atoms with Gasteiger partial charge in [-0.3, -0.25) is 5.01 Å². The molecule has 4 rings (SSSR count). The van der Waals surface area contributed by atoms with Crippen LogP contribution in [0.15, 0.2) is 84.0 Å². The first-order valence-electron chi connectivity index (χ1n) is 9.82. The van der Waals surface area contributed by atoms with Crippen LogP contribution in [0.2, 0.25) is 0 Å². The minimum atomic E-state index is -0.503. The van der Waals surface area contributed by atoms with Gasteiger partial charge in [-0.25, -0.2) is 0 Å². The fraction of sp³-hybridized carbons (Fsp3) is 0.200. The quantitative estimate of drug-likeness (QED) is 0.579. The average Bonchev–Trinajstić information content (AvgIpc) is 3.26. The van der Waals surface area contributed by atoms with Crippen LogP contribution in [0.25, 0.3) is 0 Å². The van der Waals surface area contributed by atoms with Crippen molar-refractivity contribution in [1.29, 1.82) is 5.26 Å². The predicted octanol–water partition coefficient (Wildman–Crippen LogP) is 5.12. The van der Waals surface area contributed by atoms with E-state index in [2.05, 4.69) is 18.2 Å². The number of hydrogen-bond donors (Lipinski definition) is 0. The molecule has 3 aromatic rings. The van der Waals surface area contributed by atoms with E-state index in [9.17, 15) is 5.26 Å². The lowest BCUT2D eigenvalue weighted by Crippen LogP contribution is -2.24. The molecule has 0 aromatic heterocycles. The molecule has 0 fully saturated rings. The Labute approximate surface area is 176 Å². The minimum Gasteiger partial charge on any atom is -0.497 e. The van der Waals surface area contributed by atoms with Crippen molar-refractivity contribution in [3.63, 3.8) is 0 Å². The first-order chi connectivity index (χ1) is 14.7. The molecule has 0 aliphatic carbocycles. The topological polar surface area (TPSA) is 57.8 Å². The summed E-state index contributed by atoms with van der Waals surface area (Å²) in [6, 6.07) is 27.6. The molecule has 3 aromatic carbocycles. The van der Waals surface area contributed by atoms with Crippen LogP contribution in [0.4, 0.5) is 0 Å². The average molecular weight is 397 g/mol. The van der Waals surface area contributed by atoms with Crippen LogP contribution in [0.3, 0.4) is 0 Å². The zero-order valence-corrected chi connectivity index (χ0v) is 17.0. The Morgan fingerprint density at radius 1 is 0.900 bits per heavy atom. The van der Waals surface area contributed by atoms with Gasteiger partial charge in [-0.1, -0.05) is 42.5 Å². The van der Waals surface area contributed by atoms with Crippen LogP contribution in [0.5, 0.6) is 11.5 Å². The number of ether oxygens (including phenoxy) is 2. The molecule has 150 valence electrons. The van der Waals surface area contributed by atoms with Gasteiger partial charge >= 0.3 is 0 Å². The predicted molar refractivity (Wildman–Crippen MR) is 117 cm³/mol. The van der Waals surface area contributed by atoms with Crippen LogP contribution < -0.4 is 9.47 Å². The maximum atomic E-state index is 10.0. The van der Waals surface area contributed by atoms with E-state index in [1.807, 2.05) is 71.7 Å². The van der Waals surface area contributed by atoms with Gasteiger partial charge in [0.05, 0.1) is 32.0 Å². The number of methoxy groups -OCH3 is 2. The molecule has 0 radical (unpaired) electrons. The van der Waals surface area contributed by atoms with E-state index in [0.29, 0.717) is 0 Å². The molecule has 0 bridgehead atoms. The Bertz CT molecular complexity index is 1050. The molecule has 1 heterocycles. The first kappa shape index (κ1) is 19.5. The van der Waals surface area contributed by atoms with Gasteiger partial charge in [-0.15, -0.1) is 0 Å². The van der Waals surface area contributed by atoms with Gasteiger partial charge in [0.2, 0.25) is 0 Å². The van der Waals surface area contributed by atoms with Gasteiger partial charge in [-0.05, 0) is 53.1 Å². The fourth-order valence-electron chi connectivity index (χ4n) is 3.74. The monoisotopic (exact) mass is 397 g/mol. The van der Waals surface area contributed by atoms with Crippen molar-refractivity contribution in [3.8, 4) is 17.6 Å². The van der Waals surface area contributed by atoms with Crippen LogP contribution in [0.1, 0.15) is 35.2 Å². The van der Waals surface area contributed by atoms with E-state index in [-0.39, 0.29) is 6.04 Å². The molecule has 1 aliphatic rings. The molecule has 1 aliphatic heterocycles. The summed E-state index contributed by atoms with van der Waals surface area (Å²) in [7, 11) is 3.29. The van der Waals surface area contributed by atoms with Crippen LogP contribution in [-0.2, 0) is 0 Å². The molecule has 5 heteroatoms. The molecule has 0 amide bonds. The van der Waals surface area contributed by atoms with Crippen molar-refractivity contribution in [2.45, 2.75) is 18.5 Å². The van der Waals surface area contributed by atoms with Gasteiger partial charge in [0, 0.05) is 6.42 Å². The highest BCUT2D eigenvalue weighted by Crippen LogP contribution is 2.39. The molecule has 0 saturated heterocycles. The molecule has 0 saturated carbocycles. The lowest BCUT2D eigenvalue weighted by Gasteiger charge is -2.28. The largest absolute Gasteiger partial charge is 0.497 e. The normalized spacial score (nSPS) is 16.5. The third-order valence-corrected chi connectivity index (χ3v) is 5.37. The van der Waals surface area contributed by atoms with E-state index < -0.39 is 6.04 Å². The summed E-state index contributed by atoms with van der Waals surface area (Å²) in [6.07, 6.45) is 0.727. The zero-order chi connectivity index (χ0) is 20.9. The van der Waals surface area contributed by atoms with Crippen LogP contribution in [-0.4, -0.2) is 24.9 Å². The van der Waals surface area contributed by atoms with E-state index in [1.165, 1.54) is 0 Å². The lowest BCUT2D eigenvalue weighted by atomic mass is 9.97. The molecule has 30 heavy (non-hydrogen) atoms. The number of nitriles is 1. The molecule has 2 atom stereocenters. The Kier molecular flexibility index (Phi) is 5.67.